The molecule has 5 heteroatoms. The van der Waals surface area contributed by atoms with Gasteiger partial charge in [0.25, 0.3) is 0 Å². The second kappa shape index (κ2) is 5.62. The van der Waals surface area contributed by atoms with Gasteiger partial charge in [-0.2, -0.15) is 0 Å². The summed E-state index contributed by atoms with van der Waals surface area (Å²) in [6.45, 7) is 2.02. The number of hydrogen-bond acceptors (Lipinski definition) is 4. The summed E-state index contributed by atoms with van der Waals surface area (Å²) < 4.78 is 5.01. The standard InChI is InChI=1S/C16H21NO4/c1-2-21-16(20)12-9-8-11-13(12)15(19)17(14(11)18)10-6-4-3-5-7-10/h9-11,13H,2-8H2,1H3. The fraction of sp³-hybridized carbons (Fsp3) is 0.688. The highest BCUT2D eigenvalue weighted by molar-refractivity contribution is 6.11. The molecule has 2 fully saturated rings. The van der Waals surface area contributed by atoms with Crippen LogP contribution < -0.4 is 0 Å². The SMILES string of the molecule is CCOC(=O)C1=CCC2C(=O)N(C3CCCCC3)C(=O)C12. The average molecular weight is 291 g/mol. The van der Waals surface area contributed by atoms with E-state index in [2.05, 4.69) is 0 Å². The van der Waals surface area contributed by atoms with Crippen molar-refractivity contribution in [3.05, 3.63) is 11.6 Å². The Balaban J connectivity index is 1.80. The molecule has 2 atom stereocenters. The van der Waals surface area contributed by atoms with Crippen molar-refractivity contribution in [3.8, 4) is 0 Å². The Morgan fingerprint density at radius 3 is 2.62 bits per heavy atom. The number of allylic oxidation sites excluding steroid dienone is 1. The summed E-state index contributed by atoms with van der Waals surface area (Å²) in [7, 11) is 0. The minimum atomic E-state index is -0.599. The second-order valence-electron chi connectivity index (χ2n) is 6.04. The fourth-order valence-electron chi connectivity index (χ4n) is 3.84. The van der Waals surface area contributed by atoms with E-state index in [-0.39, 0.29) is 30.4 Å². The van der Waals surface area contributed by atoms with Crippen molar-refractivity contribution in [1.82, 2.24) is 4.90 Å². The zero-order valence-electron chi connectivity index (χ0n) is 12.3. The van der Waals surface area contributed by atoms with E-state index < -0.39 is 11.9 Å². The lowest BCUT2D eigenvalue weighted by molar-refractivity contribution is -0.145. The van der Waals surface area contributed by atoms with E-state index in [0.29, 0.717) is 12.0 Å². The Morgan fingerprint density at radius 1 is 1.24 bits per heavy atom. The Bertz CT molecular complexity index is 504. The molecule has 1 aliphatic heterocycles. The molecule has 5 nitrogen and oxygen atoms in total. The minimum absolute atomic E-state index is 0.0350. The first-order chi connectivity index (χ1) is 10.1. The molecule has 21 heavy (non-hydrogen) atoms. The van der Waals surface area contributed by atoms with E-state index in [1.807, 2.05) is 0 Å². The first kappa shape index (κ1) is 14.3. The van der Waals surface area contributed by atoms with Gasteiger partial charge in [0, 0.05) is 11.6 Å². The first-order valence-electron chi connectivity index (χ1n) is 7.89. The molecule has 3 aliphatic rings. The molecule has 2 aliphatic carbocycles. The van der Waals surface area contributed by atoms with Crippen molar-refractivity contribution in [2.45, 2.75) is 51.5 Å². The third-order valence-electron chi connectivity index (χ3n) is 4.84. The Labute approximate surface area is 124 Å². The molecule has 2 unspecified atom stereocenters. The summed E-state index contributed by atoms with van der Waals surface area (Å²) in [6, 6.07) is 0.0350. The number of amides is 2. The number of likely N-dealkylation sites (tertiary alicyclic amines) is 1. The Kier molecular flexibility index (Phi) is 3.83. The molecular formula is C16H21NO4. The third-order valence-corrected chi connectivity index (χ3v) is 4.84. The van der Waals surface area contributed by atoms with Crippen molar-refractivity contribution in [1.29, 1.82) is 0 Å². The number of fused-ring (bicyclic) bond motifs is 1. The average Bonchev–Trinajstić information content (AvgIpc) is 3.02. The van der Waals surface area contributed by atoms with Gasteiger partial charge in [-0.05, 0) is 26.2 Å². The number of rotatable bonds is 3. The van der Waals surface area contributed by atoms with Crippen molar-refractivity contribution in [2.75, 3.05) is 6.61 Å². The van der Waals surface area contributed by atoms with Crippen LogP contribution in [0.3, 0.4) is 0 Å². The molecule has 0 aromatic rings. The van der Waals surface area contributed by atoms with Gasteiger partial charge in [-0.25, -0.2) is 4.79 Å². The smallest absolute Gasteiger partial charge is 0.334 e. The third kappa shape index (κ3) is 2.28. The lowest BCUT2D eigenvalue weighted by Gasteiger charge is -2.30. The van der Waals surface area contributed by atoms with Gasteiger partial charge < -0.3 is 4.74 Å². The molecule has 1 heterocycles. The van der Waals surface area contributed by atoms with Crippen LogP contribution in [0.4, 0.5) is 0 Å². The molecule has 0 spiro atoms. The van der Waals surface area contributed by atoms with Crippen LogP contribution in [0.1, 0.15) is 45.4 Å². The maximum absolute atomic E-state index is 12.7. The monoisotopic (exact) mass is 291 g/mol. The number of esters is 1. The molecule has 0 N–H and O–H groups in total. The van der Waals surface area contributed by atoms with Gasteiger partial charge in [0.05, 0.1) is 18.4 Å². The highest BCUT2D eigenvalue weighted by Crippen LogP contribution is 2.42. The van der Waals surface area contributed by atoms with E-state index in [1.54, 1.807) is 13.0 Å². The van der Waals surface area contributed by atoms with E-state index in [4.69, 9.17) is 4.74 Å². The summed E-state index contributed by atoms with van der Waals surface area (Å²) >= 11 is 0. The van der Waals surface area contributed by atoms with Crippen LogP contribution >= 0.6 is 0 Å². The van der Waals surface area contributed by atoms with E-state index in [9.17, 15) is 14.4 Å². The zero-order chi connectivity index (χ0) is 15.0. The van der Waals surface area contributed by atoms with E-state index in [0.717, 1.165) is 25.7 Å². The number of hydrogen-bond donors (Lipinski definition) is 0. The quantitative estimate of drug-likeness (QED) is 0.587. The van der Waals surface area contributed by atoms with Crippen LogP contribution in [0.5, 0.6) is 0 Å². The van der Waals surface area contributed by atoms with E-state index in [1.165, 1.54) is 11.3 Å². The van der Waals surface area contributed by atoms with Crippen LogP contribution in [0.25, 0.3) is 0 Å². The zero-order valence-corrected chi connectivity index (χ0v) is 12.3. The normalized spacial score (nSPS) is 29.6. The molecule has 114 valence electrons. The topological polar surface area (TPSA) is 63.7 Å². The molecule has 1 saturated heterocycles. The molecule has 0 radical (unpaired) electrons. The summed E-state index contributed by atoms with van der Waals surface area (Å²) in [5, 5.41) is 0. The van der Waals surface area contributed by atoms with Crippen LogP contribution in [-0.2, 0) is 19.1 Å². The first-order valence-corrected chi connectivity index (χ1v) is 7.89. The molecule has 3 rings (SSSR count). The van der Waals surface area contributed by atoms with Crippen LogP contribution in [-0.4, -0.2) is 35.3 Å². The van der Waals surface area contributed by atoms with Crippen molar-refractivity contribution < 1.29 is 19.1 Å². The lowest BCUT2D eigenvalue weighted by Crippen LogP contribution is -2.42. The summed E-state index contributed by atoms with van der Waals surface area (Å²) in [5.41, 5.74) is 0.388. The number of nitrogens with zero attached hydrogens (tertiary/aromatic N) is 1. The molecule has 1 saturated carbocycles. The Hall–Kier alpha value is -1.65. The summed E-state index contributed by atoms with van der Waals surface area (Å²) in [5.74, 6) is -1.70. The predicted molar refractivity (Wildman–Crippen MR) is 75.0 cm³/mol. The predicted octanol–water partition coefficient (Wildman–Crippen LogP) is 1.81. The highest BCUT2D eigenvalue weighted by atomic mass is 16.5. The van der Waals surface area contributed by atoms with Gasteiger partial charge in [0.15, 0.2) is 0 Å². The second-order valence-corrected chi connectivity index (χ2v) is 6.04. The van der Waals surface area contributed by atoms with Gasteiger partial charge in [0.2, 0.25) is 11.8 Å². The highest BCUT2D eigenvalue weighted by Gasteiger charge is 2.54. The van der Waals surface area contributed by atoms with Gasteiger partial charge in [-0.1, -0.05) is 25.3 Å². The summed E-state index contributed by atoms with van der Waals surface area (Å²) in [4.78, 5) is 38.6. The number of ether oxygens (including phenoxy) is 1. The van der Waals surface area contributed by atoms with Crippen LogP contribution in [0.15, 0.2) is 11.6 Å². The van der Waals surface area contributed by atoms with Crippen molar-refractivity contribution >= 4 is 17.8 Å². The van der Waals surface area contributed by atoms with Crippen LogP contribution in [0.2, 0.25) is 0 Å². The number of imide groups is 1. The molecule has 0 aromatic carbocycles. The van der Waals surface area contributed by atoms with Crippen LogP contribution in [0, 0.1) is 11.8 Å². The van der Waals surface area contributed by atoms with Gasteiger partial charge in [-0.15, -0.1) is 0 Å². The molecule has 0 bridgehead atoms. The summed E-state index contributed by atoms with van der Waals surface area (Å²) in [6.07, 6.45) is 7.29. The molecular weight excluding hydrogens is 270 g/mol. The maximum atomic E-state index is 12.7. The maximum Gasteiger partial charge on any atom is 0.334 e. The Morgan fingerprint density at radius 2 is 1.95 bits per heavy atom. The number of carbonyl (C=O) groups excluding carboxylic acids is 3. The van der Waals surface area contributed by atoms with E-state index >= 15 is 0 Å². The van der Waals surface area contributed by atoms with Gasteiger partial charge >= 0.3 is 5.97 Å². The molecule has 0 aromatic heterocycles. The minimum Gasteiger partial charge on any atom is -0.463 e. The lowest BCUT2D eigenvalue weighted by atomic mass is 9.93. The molecule has 2 amide bonds. The van der Waals surface area contributed by atoms with Crippen molar-refractivity contribution in [2.24, 2.45) is 11.8 Å². The van der Waals surface area contributed by atoms with Gasteiger partial charge in [0.1, 0.15) is 0 Å². The largest absolute Gasteiger partial charge is 0.463 e. The van der Waals surface area contributed by atoms with Gasteiger partial charge in [-0.3, -0.25) is 14.5 Å². The fourth-order valence-corrected chi connectivity index (χ4v) is 3.84. The number of carbonyl (C=O) groups is 3. The van der Waals surface area contributed by atoms with Crippen molar-refractivity contribution in [3.63, 3.8) is 0 Å².